The van der Waals surface area contributed by atoms with E-state index in [1.807, 2.05) is 47.4 Å². The van der Waals surface area contributed by atoms with E-state index in [0.717, 1.165) is 35.8 Å². The van der Waals surface area contributed by atoms with Crippen molar-refractivity contribution < 1.29 is 9.53 Å². The Hall–Kier alpha value is -4.07. The first kappa shape index (κ1) is 24.6. The number of rotatable bonds is 7. The highest BCUT2D eigenvalue weighted by atomic mass is 16.5. The lowest BCUT2D eigenvalue weighted by Gasteiger charge is -2.36. The van der Waals surface area contributed by atoms with E-state index in [1.165, 1.54) is 5.56 Å². The Morgan fingerprint density at radius 2 is 1.68 bits per heavy atom. The molecule has 0 unspecified atom stereocenters. The van der Waals surface area contributed by atoms with E-state index in [0.29, 0.717) is 31.1 Å². The van der Waals surface area contributed by atoms with E-state index >= 15 is 0 Å². The third-order valence-corrected chi connectivity index (χ3v) is 7.11. The number of methoxy groups -OCH3 is 1. The van der Waals surface area contributed by atoms with Gasteiger partial charge in [0.1, 0.15) is 11.3 Å². The Kier molecular flexibility index (Phi) is 6.99. The first-order valence-electron chi connectivity index (χ1n) is 12.8. The molecular formula is C29H33N5O3. The van der Waals surface area contributed by atoms with Gasteiger partial charge in [-0.05, 0) is 41.8 Å². The van der Waals surface area contributed by atoms with E-state index < -0.39 is 0 Å². The molecule has 0 radical (unpaired) electrons. The molecule has 2 aromatic heterocycles. The number of carbonyl (C=O) groups is 1. The van der Waals surface area contributed by atoms with Crippen molar-refractivity contribution in [3.05, 3.63) is 82.9 Å². The van der Waals surface area contributed by atoms with Crippen molar-refractivity contribution in [2.75, 3.05) is 38.2 Å². The van der Waals surface area contributed by atoms with Crippen LogP contribution in [-0.4, -0.2) is 58.3 Å². The third-order valence-electron chi connectivity index (χ3n) is 7.11. The molecule has 0 saturated carbocycles. The van der Waals surface area contributed by atoms with Crippen molar-refractivity contribution in [2.24, 2.45) is 0 Å². The standard InChI is InChI=1S/C29H33N5O3/c1-21(2)22-4-6-23(7-5-22)26-20-27-29(36)33(18-19-34(27)30-26)13-12-28(35)32-16-14-31(15-17-32)24-8-10-25(37-3)11-9-24/h4-11,18-21H,12-17H2,1-3H3. The van der Waals surface area contributed by atoms with Gasteiger partial charge in [-0.3, -0.25) is 9.59 Å². The van der Waals surface area contributed by atoms with E-state index in [9.17, 15) is 9.59 Å². The summed E-state index contributed by atoms with van der Waals surface area (Å²) in [6.45, 7) is 7.56. The number of aromatic nitrogens is 3. The summed E-state index contributed by atoms with van der Waals surface area (Å²) in [6, 6.07) is 18.1. The van der Waals surface area contributed by atoms with Crippen LogP contribution in [0.25, 0.3) is 16.8 Å². The van der Waals surface area contributed by atoms with Crippen LogP contribution in [-0.2, 0) is 11.3 Å². The molecule has 2 aromatic carbocycles. The molecule has 8 nitrogen and oxygen atoms in total. The smallest absolute Gasteiger partial charge is 0.276 e. The second-order valence-electron chi connectivity index (χ2n) is 9.75. The highest BCUT2D eigenvalue weighted by Gasteiger charge is 2.21. The van der Waals surface area contributed by atoms with Crippen LogP contribution >= 0.6 is 0 Å². The summed E-state index contributed by atoms with van der Waals surface area (Å²) in [5, 5.41) is 4.59. The minimum atomic E-state index is -0.142. The maximum Gasteiger partial charge on any atom is 0.276 e. The maximum atomic E-state index is 13.1. The maximum absolute atomic E-state index is 13.1. The van der Waals surface area contributed by atoms with E-state index in [-0.39, 0.29) is 17.9 Å². The summed E-state index contributed by atoms with van der Waals surface area (Å²) < 4.78 is 8.45. The second kappa shape index (κ2) is 10.5. The molecule has 5 rings (SSSR count). The van der Waals surface area contributed by atoms with Crippen molar-refractivity contribution in [3.8, 4) is 17.0 Å². The number of aryl methyl sites for hydroxylation is 1. The van der Waals surface area contributed by atoms with Gasteiger partial charge in [-0.2, -0.15) is 5.10 Å². The largest absolute Gasteiger partial charge is 0.497 e. The van der Waals surface area contributed by atoms with E-state index in [4.69, 9.17) is 4.74 Å². The molecule has 0 N–H and O–H groups in total. The SMILES string of the molecule is COc1ccc(N2CCN(C(=O)CCn3ccn4nc(-c5ccc(C(C)C)cc5)cc4c3=O)CC2)cc1. The van der Waals surface area contributed by atoms with Crippen LogP contribution in [0.4, 0.5) is 5.69 Å². The molecule has 0 bridgehead atoms. The number of hydrogen-bond donors (Lipinski definition) is 0. The summed E-state index contributed by atoms with van der Waals surface area (Å²) in [4.78, 5) is 30.2. The molecule has 1 fully saturated rings. The molecule has 1 aliphatic heterocycles. The van der Waals surface area contributed by atoms with Gasteiger partial charge in [-0.1, -0.05) is 38.1 Å². The summed E-state index contributed by atoms with van der Waals surface area (Å²) in [5.74, 6) is 1.36. The van der Waals surface area contributed by atoms with Gasteiger partial charge < -0.3 is 19.1 Å². The highest BCUT2D eigenvalue weighted by molar-refractivity contribution is 5.76. The lowest BCUT2D eigenvalue weighted by Crippen LogP contribution is -2.49. The zero-order valence-electron chi connectivity index (χ0n) is 21.6. The van der Waals surface area contributed by atoms with Crippen LogP contribution in [0.1, 0.15) is 31.7 Å². The van der Waals surface area contributed by atoms with E-state index in [2.05, 4.69) is 36.0 Å². The molecule has 0 atom stereocenters. The lowest BCUT2D eigenvalue weighted by molar-refractivity contribution is -0.131. The Labute approximate surface area is 216 Å². The van der Waals surface area contributed by atoms with Gasteiger partial charge in [0, 0.05) is 62.8 Å². The zero-order chi connectivity index (χ0) is 25.9. The van der Waals surface area contributed by atoms with Gasteiger partial charge in [0.05, 0.1) is 12.8 Å². The molecule has 0 aliphatic carbocycles. The van der Waals surface area contributed by atoms with Crippen LogP contribution in [0, 0.1) is 0 Å². The number of hydrogen-bond acceptors (Lipinski definition) is 5. The quantitative estimate of drug-likeness (QED) is 0.384. The molecule has 1 amide bonds. The number of piperazine rings is 1. The normalized spacial score (nSPS) is 13.9. The van der Waals surface area contributed by atoms with Crippen LogP contribution in [0.5, 0.6) is 5.75 Å². The lowest BCUT2D eigenvalue weighted by atomic mass is 10.0. The molecule has 1 aliphatic rings. The van der Waals surface area contributed by atoms with Gasteiger partial charge in [-0.25, -0.2) is 4.52 Å². The Morgan fingerprint density at radius 3 is 2.32 bits per heavy atom. The monoisotopic (exact) mass is 499 g/mol. The number of anilines is 1. The second-order valence-corrected chi connectivity index (χ2v) is 9.75. The predicted octanol–water partition coefficient (Wildman–Crippen LogP) is 4.03. The Balaban J connectivity index is 1.20. The highest BCUT2D eigenvalue weighted by Crippen LogP contribution is 2.23. The van der Waals surface area contributed by atoms with Crippen LogP contribution in [0.3, 0.4) is 0 Å². The fraction of sp³-hybridized carbons (Fsp3) is 0.345. The molecule has 37 heavy (non-hydrogen) atoms. The molecule has 8 heteroatoms. The molecule has 3 heterocycles. The number of fused-ring (bicyclic) bond motifs is 1. The van der Waals surface area contributed by atoms with Gasteiger partial charge in [0.25, 0.3) is 5.56 Å². The number of nitrogens with zero attached hydrogens (tertiary/aromatic N) is 5. The van der Waals surface area contributed by atoms with Crippen molar-refractivity contribution >= 4 is 17.1 Å². The molecular weight excluding hydrogens is 466 g/mol. The van der Waals surface area contributed by atoms with Crippen molar-refractivity contribution in [1.29, 1.82) is 0 Å². The van der Waals surface area contributed by atoms with Crippen molar-refractivity contribution in [1.82, 2.24) is 19.1 Å². The van der Waals surface area contributed by atoms with Gasteiger partial charge in [0.15, 0.2) is 0 Å². The Morgan fingerprint density at radius 1 is 0.973 bits per heavy atom. The van der Waals surface area contributed by atoms with E-state index in [1.54, 1.807) is 28.6 Å². The van der Waals surface area contributed by atoms with Crippen molar-refractivity contribution in [3.63, 3.8) is 0 Å². The molecule has 192 valence electrons. The average Bonchev–Trinajstić information content (AvgIpc) is 3.38. The molecule has 1 saturated heterocycles. The predicted molar refractivity (Wildman–Crippen MR) is 145 cm³/mol. The fourth-order valence-corrected chi connectivity index (χ4v) is 4.76. The third kappa shape index (κ3) is 5.23. The molecule has 4 aromatic rings. The fourth-order valence-electron chi connectivity index (χ4n) is 4.76. The first-order valence-corrected chi connectivity index (χ1v) is 12.8. The number of carbonyl (C=O) groups excluding carboxylic acids is 1. The summed E-state index contributed by atoms with van der Waals surface area (Å²) in [7, 11) is 1.66. The van der Waals surface area contributed by atoms with Crippen LogP contribution in [0.15, 0.2) is 71.8 Å². The number of amides is 1. The minimum Gasteiger partial charge on any atom is -0.497 e. The number of ether oxygens (including phenoxy) is 1. The summed E-state index contributed by atoms with van der Waals surface area (Å²) in [6.07, 6.45) is 3.78. The average molecular weight is 500 g/mol. The Bertz CT molecular complexity index is 1430. The van der Waals surface area contributed by atoms with Gasteiger partial charge >= 0.3 is 0 Å². The first-order chi connectivity index (χ1) is 17.9. The minimum absolute atomic E-state index is 0.0700. The van der Waals surface area contributed by atoms with Crippen molar-refractivity contribution in [2.45, 2.75) is 32.7 Å². The molecule has 0 spiro atoms. The van der Waals surface area contributed by atoms with Gasteiger partial charge in [0.2, 0.25) is 5.91 Å². The summed E-state index contributed by atoms with van der Waals surface area (Å²) >= 11 is 0. The van der Waals surface area contributed by atoms with Gasteiger partial charge in [-0.15, -0.1) is 0 Å². The number of benzene rings is 2. The topological polar surface area (TPSA) is 72.1 Å². The van der Waals surface area contributed by atoms with Crippen LogP contribution < -0.4 is 15.2 Å². The zero-order valence-corrected chi connectivity index (χ0v) is 21.6. The summed E-state index contributed by atoms with van der Waals surface area (Å²) in [5.41, 5.74) is 4.49. The van der Waals surface area contributed by atoms with Crippen LogP contribution in [0.2, 0.25) is 0 Å².